The van der Waals surface area contributed by atoms with Gasteiger partial charge < -0.3 is 9.47 Å². The van der Waals surface area contributed by atoms with Crippen molar-refractivity contribution in [2.75, 3.05) is 0 Å². The smallest absolute Gasteiger partial charge is 0.337 e. The van der Waals surface area contributed by atoms with Gasteiger partial charge in [-0.2, -0.15) is 0 Å². The highest BCUT2D eigenvalue weighted by Crippen LogP contribution is 2.36. The van der Waals surface area contributed by atoms with E-state index in [1.807, 2.05) is 0 Å². The number of amides is 1. The SMILES string of the molecule is C/C=C1\O[C@@H]2CC(=O)N2[C@H]1C(=O)OCc1ccc([N+](=O)[O-])cc1. The first kappa shape index (κ1) is 15.0. The second-order valence-electron chi connectivity index (χ2n) is 5.20. The van der Waals surface area contributed by atoms with Crippen molar-refractivity contribution >= 4 is 17.6 Å². The summed E-state index contributed by atoms with van der Waals surface area (Å²) >= 11 is 0. The molecule has 0 saturated carbocycles. The van der Waals surface area contributed by atoms with Crippen molar-refractivity contribution in [1.82, 2.24) is 4.90 Å². The number of nitrogens with zero attached hydrogens (tertiary/aromatic N) is 2. The molecule has 0 N–H and O–H groups in total. The maximum Gasteiger partial charge on any atom is 0.337 e. The van der Waals surface area contributed by atoms with Crippen LogP contribution in [0.5, 0.6) is 0 Å². The van der Waals surface area contributed by atoms with Crippen LogP contribution in [0.15, 0.2) is 36.1 Å². The molecule has 0 aliphatic carbocycles. The molecule has 2 heterocycles. The zero-order valence-corrected chi connectivity index (χ0v) is 12.3. The average Bonchev–Trinajstić information content (AvgIpc) is 2.85. The molecule has 2 fully saturated rings. The summed E-state index contributed by atoms with van der Waals surface area (Å²) in [6, 6.07) is 4.88. The summed E-state index contributed by atoms with van der Waals surface area (Å²) in [7, 11) is 0. The van der Waals surface area contributed by atoms with Crippen molar-refractivity contribution in [1.29, 1.82) is 0 Å². The third-order valence-electron chi connectivity index (χ3n) is 3.80. The molecule has 1 aromatic carbocycles. The number of hydrogen-bond donors (Lipinski definition) is 0. The number of fused-ring (bicyclic) bond motifs is 1. The number of rotatable bonds is 4. The van der Waals surface area contributed by atoms with Crippen molar-refractivity contribution in [3.05, 3.63) is 51.8 Å². The Balaban J connectivity index is 1.64. The lowest BCUT2D eigenvalue weighted by Gasteiger charge is -2.33. The van der Waals surface area contributed by atoms with Gasteiger partial charge in [0.2, 0.25) is 5.91 Å². The Kier molecular flexibility index (Phi) is 3.73. The van der Waals surface area contributed by atoms with E-state index >= 15 is 0 Å². The third kappa shape index (κ3) is 2.63. The molecular weight excluding hydrogens is 304 g/mol. The van der Waals surface area contributed by atoms with Crippen molar-refractivity contribution in [3.63, 3.8) is 0 Å². The van der Waals surface area contributed by atoms with Crippen LogP contribution >= 0.6 is 0 Å². The Morgan fingerprint density at radius 3 is 2.74 bits per heavy atom. The number of carbonyl (C=O) groups excluding carboxylic acids is 2. The Morgan fingerprint density at radius 1 is 1.48 bits per heavy atom. The van der Waals surface area contributed by atoms with Gasteiger partial charge in [-0.05, 0) is 30.7 Å². The zero-order chi connectivity index (χ0) is 16.6. The molecule has 0 aromatic heterocycles. The number of β-lactam (4-membered cyclic amide) rings is 1. The monoisotopic (exact) mass is 318 g/mol. The van der Waals surface area contributed by atoms with Crippen LogP contribution in [0.25, 0.3) is 0 Å². The summed E-state index contributed by atoms with van der Waals surface area (Å²) in [5, 5.41) is 10.6. The van der Waals surface area contributed by atoms with Crippen LogP contribution in [0.4, 0.5) is 5.69 Å². The molecule has 3 rings (SSSR count). The van der Waals surface area contributed by atoms with E-state index in [1.165, 1.54) is 29.2 Å². The molecule has 0 unspecified atom stereocenters. The van der Waals surface area contributed by atoms with Gasteiger partial charge in [0.1, 0.15) is 12.4 Å². The fourth-order valence-corrected chi connectivity index (χ4v) is 2.57. The summed E-state index contributed by atoms with van der Waals surface area (Å²) in [6.45, 7) is 1.69. The maximum absolute atomic E-state index is 12.3. The summed E-state index contributed by atoms with van der Waals surface area (Å²) in [4.78, 5) is 35.3. The Bertz CT molecular complexity index is 696. The van der Waals surface area contributed by atoms with E-state index in [-0.39, 0.29) is 30.9 Å². The van der Waals surface area contributed by atoms with Gasteiger partial charge in [-0.3, -0.25) is 19.8 Å². The second-order valence-corrected chi connectivity index (χ2v) is 5.20. The van der Waals surface area contributed by atoms with Crippen LogP contribution in [0.2, 0.25) is 0 Å². The highest BCUT2D eigenvalue weighted by molar-refractivity contribution is 5.91. The van der Waals surface area contributed by atoms with E-state index in [4.69, 9.17) is 9.47 Å². The Labute approximate surface area is 131 Å². The van der Waals surface area contributed by atoms with E-state index in [1.54, 1.807) is 13.0 Å². The number of carbonyl (C=O) groups is 2. The van der Waals surface area contributed by atoms with Gasteiger partial charge in [-0.1, -0.05) is 0 Å². The summed E-state index contributed by atoms with van der Waals surface area (Å²) < 4.78 is 10.7. The summed E-state index contributed by atoms with van der Waals surface area (Å²) in [6.07, 6.45) is 1.53. The lowest BCUT2D eigenvalue weighted by molar-refractivity contribution is -0.384. The standard InChI is InChI=1S/C15H14N2O6/c1-2-11-14(16-12(18)7-13(16)23-11)15(19)22-8-9-3-5-10(6-4-9)17(20)21/h2-6,13-14H,7-8H2,1H3/b11-2-/t13-,14-/m1/s1. The Hall–Kier alpha value is -2.90. The fraction of sp³-hybridized carbons (Fsp3) is 0.333. The second kappa shape index (κ2) is 5.71. The van der Waals surface area contributed by atoms with Crippen molar-refractivity contribution < 1.29 is 24.0 Å². The van der Waals surface area contributed by atoms with Gasteiger partial charge in [-0.15, -0.1) is 0 Å². The van der Waals surface area contributed by atoms with E-state index in [0.29, 0.717) is 11.3 Å². The lowest BCUT2D eigenvalue weighted by atomic mass is 10.1. The van der Waals surface area contributed by atoms with Crippen LogP contribution in [-0.2, 0) is 25.7 Å². The van der Waals surface area contributed by atoms with Gasteiger partial charge in [0.15, 0.2) is 12.3 Å². The first-order valence-corrected chi connectivity index (χ1v) is 7.05. The lowest BCUT2D eigenvalue weighted by Crippen LogP contribution is -2.55. The van der Waals surface area contributed by atoms with E-state index in [0.717, 1.165) is 0 Å². The molecule has 0 spiro atoms. The van der Waals surface area contributed by atoms with Crippen molar-refractivity contribution in [2.45, 2.75) is 32.2 Å². The number of nitro benzene ring substituents is 1. The van der Waals surface area contributed by atoms with Crippen LogP contribution in [0.3, 0.4) is 0 Å². The zero-order valence-electron chi connectivity index (χ0n) is 12.3. The summed E-state index contributed by atoms with van der Waals surface area (Å²) in [5.41, 5.74) is 0.589. The summed E-state index contributed by atoms with van der Waals surface area (Å²) in [5.74, 6) is -0.314. The Morgan fingerprint density at radius 2 is 2.17 bits per heavy atom. The highest BCUT2D eigenvalue weighted by Gasteiger charge is 2.54. The predicted molar refractivity (Wildman–Crippen MR) is 76.8 cm³/mol. The van der Waals surface area contributed by atoms with E-state index in [2.05, 4.69) is 0 Å². The molecule has 8 nitrogen and oxygen atoms in total. The molecule has 120 valence electrons. The maximum atomic E-state index is 12.3. The fourth-order valence-electron chi connectivity index (χ4n) is 2.57. The first-order chi connectivity index (χ1) is 11.0. The number of ether oxygens (including phenoxy) is 2. The molecule has 23 heavy (non-hydrogen) atoms. The average molecular weight is 318 g/mol. The largest absolute Gasteiger partial charge is 0.472 e. The number of nitro groups is 1. The van der Waals surface area contributed by atoms with Crippen LogP contribution in [0, 0.1) is 10.1 Å². The van der Waals surface area contributed by atoms with E-state index in [9.17, 15) is 19.7 Å². The minimum Gasteiger partial charge on any atom is -0.472 e. The van der Waals surface area contributed by atoms with Crippen LogP contribution < -0.4 is 0 Å². The van der Waals surface area contributed by atoms with Crippen LogP contribution in [0.1, 0.15) is 18.9 Å². The molecule has 2 atom stereocenters. The van der Waals surface area contributed by atoms with Crippen LogP contribution in [-0.4, -0.2) is 34.0 Å². The van der Waals surface area contributed by atoms with E-state index < -0.39 is 16.9 Å². The van der Waals surface area contributed by atoms with Gasteiger partial charge in [-0.25, -0.2) is 4.79 Å². The molecule has 1 amide bonds. The number of esters is 1. The predicted octanol–water partition coefficient (Wildman–Crippen LogP) is 1.50. The quantitative estimate of drug-likeness (QED) is 0.361. The molecule has 1 aromatic rings. The third-order valence-corrected chi connectivity index (χ3v) is 3.80. The molecule has 2 aliphatic heterocycles. The molecule has 0 radical (unpaired) electrons. The minimum absolute atomic E-state index is 0.0307. The van der Waals surface area contributed by atoms with Gasteiger partial charge >= 0.3 is 5.97 Å². The highest BCUT2D eigenvalue weighted by atomic mass is 16.6. The number of non-ortho nitro benzene ring substituents is 1. The number of allylic oxidation sites excluding steroid dienone is 1. The minimum atomic E-state index is -0.843. The molecule has 0 bridgehead atoms. The molecular formula is C15H14N2O6. The first-order valence-electron chi connectivity index (χ1n) is 7.05. The molecule has 2 aliphatic rings. The molecule has 2 saturated heterocycles. The van der Waals surface area contributed by atoms with Gasteiger partial charge in [0, 0.05) is 12.1 Å². The topological polar surface area (TPSA) is 99.0 Å². The number of hydrogen-bond acceptors (Lipinski definition) is 6. The van der Waals surface area contributed by atoms with Crippen molar-refractivity contribution in [2.24, 2.45) is 0 Å². The van der Waals surface area contributed by atoms with Gasteiger partial charge in [0.25, 0.3) is 5.69 Å². The van der Waals surface area contributed by atoms with Gasteiger partial charge in [0.05, 0.1) is 11.3 Å². The molecule has 8 heteroatoms. The normalized spacial score (nSPS) is 24.0. The number of benzene rings is 1. The van der Waals surface area contributed by atoms with Crippen molar-refractivity contribution in [3.8, 4) is 0 Å².